The lowest BCUT2D eigenvalue weighted by Gasteiger charge is -2.32. The molecular weight excluding hydrogens is 376 g/mol. The zero-order valence-electron chi connectivity index (χ0n) is 18.1. The van der Waals surface area contributed by atoms with Crippen LogP contribution >= 0.6 is 0 Å². The Hall–Kier alpha value is -2.80. The number of nitrogens with zero attached hydrogens (tertiary/aromatic N) is 6. The second-order valence-electron chi connectivity index (χ2n) is 8.54. The van der Waals surface area contributed by atoms with Gasteiger partial charge in [0.1, 0.15) is 11.3 Å². The minimum atomic E-state index is 0.0668. The molecule has 0 spiro atoms. The molecule has 0 unspecified atom stereocenters. The van der Waals surface area contributed by atoms with Crippen molar-refractivity contribution in [2.24, 2.45) is 5.92 Å². The van der Waals surface area contributed by atoms with Gasteiger partial charge in [0.2, 0.25) is 0 Å². The van der Waals surface area contributed by atoms with Gasteiger partial charge in [-0.25, -0.2) is 4.68 Å². The van der Waals surface area contributed by atoms with Gasteiger partial charge < -0.3 is 9.80 Å². The SMILES string of the molecule is Cc1ccc(-n2cc3cnnc(N4CCC[C@H](C(=O)CCCN(C)C)C4)c3n2)cc1. The Balaban J connectivity index is 1.53. The zero-order valence-corrected chi connectivity index (χ0v) is 18.1. The number of hydrogen-bond acceptors (Lipinski definition) is 6. The summed E-state index contributed by atoms with van der Waals surface area (Å²) in [7, 11) is 4.09. The molecule has 0 saturated carbocycles. The van der Waals surface area contributed by atoms with Crippen LogP contribution in [-0.4, -0.2) is 64.4 Å². The number of aryl methyl sites for hydroxylation is 1. The van der Waals surface area contributed by atoms with E-state index < -0.39 is 0 Å². The van der Waals surface area contributed by atoms with E-state index in [0.29, 0.717) is 18.7 Å². The Morgan fingerprint density at radius 1 is 1.23 bits per heavy atom. The van der Waals surface area contributed by atoms with Crippen LogP contribution < -0.4 is 4.90 Å². The highest BCUT2D eigenvalue weighted by Crippen LogP contribution is 2.28. The molecule has 2 aromatic heterocycles. The molecule has 0 amide bonds. The molecule has 1 aliphatic rings. The molecule has 1 fully saturated rings. The van der Waals surface area contributed by atoms with E-state index in [1.807, 2.05) is 25.0 Å². The fourth-order valence-electron chi connectivity index (χ4n) is 4.10. The Bertz CT molecular complexity index is 1010. The number of fused-ring (bicyclic) bond motifs is 1. The van der Waals surface area contributed by atoms with Gasteiger partial charge in [0.25, 0.3) is 0 Å². The molecule has 1 saturated heterocycles. The molecule has 0 aliphatic carbocycles. The van der Waals surface area contributed by atoms with Gasteiger partial charge >= 0.3 is 0 Å². The summed E-state index contributed by atoms with van der Waals surface area (Å²) in [5, 5.41) is 14.4. The third kappa shape index (κ3) is 4.51. The molecule has 0 N–H and O–H groups in total. The molecule has 3 heterocycles. The molecule has 3 aromatic rings. The Kier molecular flexibility index (Phi) is 6.08. The number of ketones is 1. The smallest absolute Gasteiger partial charge is 0.179 e. The van der Waals surface area contributed by atoms with Gasteiger partial charge in [-0.3, -0.25) is 4.79 Å². The first kappa shape index (κ1) is 20.5. The van der Waals surface area contributed by atoms with E-state index in [2.05, 4.69) is 51.2 Å². The summed E-state index contributed by atoms with van der Waals surface area (Å²) >= 11 is 0. The summed E-state index contributed by atoms with van der Waals surface area (Å²) in [6, 6.07) is 8.28. The van der Waals surface area contributed by atoms with E-state index in [1.165, 1.54) is 5.56 Å². The van der Waals surface area contributed by atoms with Crippen LogP contribution in [0.3, 0.4) is 0 Å². The lowest BCUT2D eigenvalue weighted by molar-refractivity contribution is -0.123. The number of aromatic nitrogens is 4. The van der Waals surface area contributed by atoms with E-state index >= 15 is 0 Å². The number of rotatable bonds is 7. The third-order valence-corrected chi connectivity index (χ3v) is 5.81. The van der Waals surface area contributed by atoms with Crippen molar-refractivity contribution in [3.8, 4) is 5.69 Å². The summed E-state index contributed by atoms with van der Waals surface area (Å²) in [5.74, 6) is 1.22. The van der Waals surface area contributed by atoms with Gasteiger partial charge in [-0.2, -0.15) is 10.2 Å². The lowest BCUT2D eigenvalue weighted by atomic mass is 9.91. The van der Waals surface area contributed by atoms with Crippen molar-refractivity contribution in [2.75, 3.05) is 38.6 Å². The molecule has 1 aliphatic heterocycles. The Morgan fingerprint density at radius 3 is 2.80 bits per heavy atom. The monoisotopic (exact) mass is 406 g/mol. The van der Waals surface area contributed by atoms with E-state index in [9.17, 15) is 4.79 Å². The fraction of sp³-hybridized carbons (Fsp3) is 0.478. The van der Waals surface area contributed by atoms with E-state index in [4.69, 9.17) is 5.10 Å². The molecule has 30 heavy (non-hydrogen) atoms. The number of carbonyl (C=O) groups excluding carboxylic acids is 1. The first-order chi connectivity index (χ1) is 14.5. The van der Waals surface area contributed by atoms with Crippen molar-refractivity contribution in [2.45, 2.75) is 32.6 Å². The van der Waals surface area contributed by atoms with Crippen LogP contribution in [0.25, 0.3) is 16.6 Å². The largest absolute Gasteiger partial charge is 0.353 e. The predicted octanol–water partition coefficient (Wildman–Crippen LogP) is 3.25. The van der Waals surface area contributed by atoms with Crippen molar-refractivity contribution in [3.63, 3.8) is 0 Å². The van der Waals surface area contributed by atoms with Gasteiger partial charge in [-0.1, -0.05) is 17.7 Å². The Morgan fingerprint density at radius 2 is 2.03 bits per heavy atom. The maximum Gasteiger partial charge on any atom is 0.179 e. The highest BCUT2D eigenvalue weighted by atomic mass is 16.1. The molecule has 7 nitrogen and oxygen atoms in total. The van der Waals surface area contributed by atoms with E-state index in [1.54, 1.807) is 6.20 Å². The summed E-state index contributed by atoms with van der Waals surface area (Å²) in [5.41, 5.74) is 3.07. The van der Waals surface area contributed by atoms with Crippen molar-refractivity contribution in [3.05, 3.63) is 42.2 Å². The number of benzene rings is 1. The molecule has 158 valence electrons. The van der Waals surface area contributed by atoms with Gasteiger partial charge in [-0.05, 0) is 59.0 Å². The minimum absolute atomic E-state index is 0.0668. The fourth-order valence-corrected chi connectivity index (χ4v) is 4.10. The minimum Gasteiger partial charge on any atom is -0.353 e. The summed E-state index contributed by atoms with van der Waals surface area (Å²) < 4.78 is 1.88. The number of Topliss-reactive ketones (excluding diaryl/α,β-unsaturated/α-hetero) is 1. The predicted molar refractivity (Wildman–Crippen MR) is 119 cm³/mol. The van der Waals surface area contributed by atoms with Crippen LogP contribution in [0, 0.1) is 12.8 Å². The van der Waals surface area contributed by atoms with Crippen molar-refractivity contribution >= 4 is 22.5 Å². The first-order valence-corrected chi connectivity index (χ1v) is 10.7. The maximum atomic E-state index is 12.7. The maximum absolute atomic E-state index is 12.7. The number of hydrogen-bond donors (Lipinski definition) is 0. The van der Waals surface area contributed by atoms with Crippen LogP contribution in [-0.2, 0) is 4.79 Å². The van der Waals surface area contributed by atoms with Gasteiger partial charge in [0.05, 0.1) is 11.9 Å². The van der Waals surface area contributed by atoms with E-state index in [0.717, 1.165) is 54.8 Å². The van der Waals surface area contributed by atoms with Crippen LogP contribution in [0.4, 0.5) is 5.82 Å². The molecule has 0 radical (unpaired) electrons. The zero-order chi connectivity index (χ0) is 21.1. The third-order valence-electron chi connectivity index (χ3n) is 5.81. The number of anilines is 1. The molecular formula is C23H30N6O. The average molecular weight is 407 g/mol. The van der Waals surface area contributed by atoms with Crippen molar-refractivity contribution in [1.82, 2.24) is 24.9 Å². The Labute approximate surface area is 177 Å². The first-order valence-electron chi connectivity index (χ1n) is 10.7. The van der Waals surface area contributed by atoms with Crippen LogP contribution in [0.2, 0.25) is 0 Å². The van der Waals surface area contributed by atoms with E-state index in [-0.39, 0.29) is 5.92 Å². The second-order valence-corrected chi connectivity index (χ2v) is 8.54. The lowest BCUT2D eigenvalue weighted by Crippen LogP contribution is -2.39. The van der Waals surface area contributed by atoms with Gasteiger partial charge in [0.15, 0.2) is 5.82 Å². The van der Waals surface area contributed by atoms with Gasteiger partial charge in [-0.15, -0.1) is 5.10 Å². The summed E-state index contributed by atoms with van der Waals surface area (Å²) in [6.07, 6.45) is 7.25. The molecule has 7 heteroatoms. The summed E-state index contributed by atoms with van der Waals surface area (Å²) in [6.45, 7) is 4.60. The average Bonchev–Trinajstić information content (AvgIpc) is 3.18. The standard InChI is InChI=1S/C23H30N6O/c1-17-8-10-20(11-9-17)29-16-19-14-24-25-23(22(19)26-29)28-13-4-6-18(15-28)21(30)7-5-12-27(2)3/h8-11,14,16,18H,4-7,12-13,15H2,1-3H3/t18-/m0/s1. The van der Waals surface area contributed by atoms with Crippen molar-refractivity contribution in [1.29, 1.82) is 0 Å². The normalized spacial score (nSPS) is 17.1. The second kappa shape index (κ2) is 8.92. The van der Waals surface area contributed by atoms with Gasteiger partial charge in [0, 0.05) is 37.0 Å². The van der Waals surface area contributed by atoms with Crippen LogP contribution in [0.15, 0.2) is 36.7 Å². The van der Waals surface area contributed by atoms with Crippen LogP contribution in [0.5, 0.6) is 0 Å². The number of piperidine rings is 1. The van der Waals surface area contributed by atoms with Crippen LogP contribution in [0.1, 0.15) is 31.2 Å². The highest BCUT2D eigenvalue weighted by molar-refractivity contribution is 5.88. The van der Waals surface area contributed by atoms with Crippen molar-refractivity contribution < 1.29 is 4.79 Å². The highest BCUT2D eigenvalue weighted by Gasteiger charge is 2.28. The molecule has 1 atom stereocenters. The number of carbonyl (C=O) groups is 1. The summed E-state index contributed by atoms with van der Waals surface area (Å²) in [4.78, 5) is 17.1. The molecule has 0 bridgehead atoms. The molecule has 4 rings (SSSR count). The molecule has 1 aromatic carbocycles. The quantitative estimate of drug-likeness (QED) is 0.600. The topological polar surface area (TPSA) is 67.2 Å².